The van der Waals surface area contributed by atoms with E-state index in [4.69, 9.17) is 15.7 Å². The van der Waals surface area contributed by atoms with E-state index >= 15 is 0 Å². The molecule has 1 atom stereocenters. The van der Waals surface area contributed by atoms with E-state index in [0.717, 1.165) is 0 Å². The smallest absolute Gasteiger partial charge is 0.244 e. The molecule has 0 aliphatic heterocycles. The summed E-state index contributed by atoms with van der Waals surface area (Å²) in [6.45, 7) is 5.99. The number of ether oxygens (including phenoxy) is 1. The van der Waals surface area contributed by atoms with Crippen LogP contribution in [0.3, 0.4) is 0 Å². The zero-order valence-corrected chi connectivity index (χ0v) is 9.58. The molecule has 1 aromatic rings. The molecule has 1 aromatic heterocycles. The Labute approximate surface area is 94.1 Å². The molecule has 0 fully saturated rings. The summed E-state index contributed by atoms with van der Waals surface area (Å²) >= 11 is 0. The molecule has 0 radical (unpaired) electrons. The lowest BCUT2D eigenvalue weighted by atomic mass is 10.1. The average molecular weight is 224 g/mol. The minimum atomic E-state index is -0.0409. The predicted molar refractivity (Wildman–Crippen MR) is 59.5 cm³/mol. The van der Waals surface area contributed by atoms with Crippen LogP contribution in [0, 0.1) is 5.92 Å². The minimum absolute atomic E-state index is 0.0260. The van der Waals surface area contributed by atoms with E-state index < -0.39 is 0 Å². The van der Waals surface area contributed by atoms with Gasteiger partial charge < -0.3 is 15.7 Å². The third kappa shape index (κ3) is 2.82. The average Bonchev–Trinajstić information content (AvgIpc) is 2.28. The van der Waals surface area contributed by atoms with Crippen LogP contribution in [0.2, 0.25) is 0 Å². The van der Waals surface area contributed by atoms with Crippen LogP contribution in [0.1, 0.15) is 26.3 Å². The Balaban J connectivity index is 2.96. The van der Waals surface area contributed by atoms with Crippen LogP contribution >= 0.6 is 0 Å². The molecule has 0 spiro atoms. The fourth-order valence-electron chi connectivity index (χ4n) is 0.967. The summed E-state index contributed by atoms with van der Waals surface area (Å²) in [6, 6.07) is 1.59. The second-order valence-electron chi connectivity index (χ2n) is 3.80. The lowest BCUT2D eigenvalue weighted by molar-refractivity contribution is 0.161. The molecule has 6 nitrogen and oxygen atoms in total. The third-order valence-corrected chi connectivity index (χ3v) is 2.31. The van der Waals surface area contributed by atoms with Crippen LogP contribution in [-0.2, 0) is 0 Å². The van der Waals surface area contributed by atoms with E-state index in [9.17, 15) is 0 Å². The number of hydrogen-bond acceptors (Lipinski definition) is 5. The molecule has 6 heteroatoms. The molecule has 3 N–H and O–H groups in total. The first-order valence-corrected chi connectivity index (χ1v) is 5.02. The van der Waals surface area contributed by atoms with Crippen LogP contribution in [0.15, 0.2) is 17.4 Å². The quantitative estimate of drug-likeness (QED) is 0.344. The van der Waals surface area contributed by atoms with E-state index in [2.05, 4.69) is 15.4 Å². The number of rotatable bonds is 4. The van der Waals surface area contributed by atoms with Gasteiger partial charge in [0.25, 0.3) is 0 Å². The van der Waals surface area contributed by atoms with Gasteiger partial charge in [0.2, 0.25) is 5.88 Å². The number of amidine groups is 1. The Morgan fingerprint density at radius 3 is 2.75 bits per heavy atom. The van der Waals surface area contributed by atoms with E-state index in [1.807, 2.05) is 20.8 Å². The second kappa shape index (κ2) is 5.29. The maximum atomic E-state index is 8.62. The highest BCUT2D eigenvalue weighted by Gasteiger charge is 2.15. The van der Waals surface area contributed by atoms with Crippen LogP contribution in [0.4, 0.5) is 0 Å². The molecule has 0 aliphatic rings. The predicted octanol–water partition coefficient (Wildman–Crippen LogP) is 0.994. The molecule has 88 valence electrons. The monoisotopic (exact) mass is 224 g/mol. The molecule has 0 bridgehead atoms. The molecule has 1 rings (SSSR count). The first kappa shape index (κ1) is 12.2. The van der Waals surface area contributed by atoms with Crippen LogP contribution in [-0.4, -0.2) is 27.3 Å². The van der Waals surface area contributed by atoms with E-state index in [1.165, 1.54) is 6.20 Å². The molecular formula is C10H16N4O2. The lowest BCUT2D eigenvalue weighted by Gasteiger charge is -2.18. The van der Waals surface area contributed by atoms with Crippen molar-refractivity contribution in [3.8, 4) is 5.88 Å². The maximum absolute atomic E-state index is 8.62. The van der Waals surface area contributed by atoms with Crippen molar-refractivity contribution in [2.75, 3.05) is 0 Å². The molecule has 0 amide bonds. The van der Waals surface area contributed by atoms with Gasteiger partial charge in [-0.05, 0) is 18.9 Å². The molecule has 0 aromatic carbocycles. The van der Waals surface area contributed by atoms with Crippen LogP contribution in [0.5, 0.6) is 5.88 Å². The summed E-state index contributed by atoms with van der Waals surface area (Å²) in [4.78, 5) is 0. The van der Waals surface area contributed by atoms with Crippen molar-refractivity contribution >= 4 is 5.84 Å². The number of nitrogens with two attached hydrogens (primary N) is 1. The Kier molecular flexibility index (Phi) is 4.04. The fourth-order valence-corrected chi connectivity index (χ4v) is 0.967. The van der Waals surface area contributed by atoms with Crippen molar-refractivity contribution in [2.24, 2.45) is 16.8 Å². The van der Waals surface area contributed by atoms with Gasteiger partial charge in [0, 0.05) is 0 Å². The number of oxime groups is 1. The molecule has 0 saturated carbocycles. The highest BCUT2D eigenvalue weighted by atomic mass is 16.5. The minimum Gasteiger partial charge on any atom is -0.473 e. The van der Waals surface area contributed by atoms with Gasteiger partial charge in [-0.2, -0.15) is 5.10 Å². The van der Waals surface area contributed by atoms with Gasteiger partial charge in [-0.1, -0.05) is 19.0 Å². The first-order chi connectivity index (χ1) is 7.56. The van der Waals surface area contributed by atoms with Crippen molar-refractivity contribution in [3.05, 3.63) is 17.8 Å². The van der Waals surface area contributed by atoms with Crippen molar-refractivity contribution in [1.82, 2.24) is 10.2 Å². The molecule has 1 unspecified atom stereocenters. The summed E-state index contributed by atoms with van der Waals surface area (Å²) in [5.74, 6) is 0.571. The molecule has 0 saturated heterocycles. The third-order valence-electron chi connectivity index (χ3n) is 2.31. The van der Waals surface area contributed by atoms with E-state index in [1.54, 1.807) is 6.07 Å². The zero-order chi connectivity index (χ0) is 12.1. The van der Waals surface area contributed by atoms with Gasteiger partial charge in [0.1, 0.15) is 0 Å². The van der Waals surface area contributed by atoms with Crippen molar-refractivity contribution in [2.45, 2.75) is 26.9 Å². The number of aromatic nitrogens is 2. The largest absolute Gasteiger partial charge is 0.473 e. The van der Waals surface area contributed by atoms with Gasteiger partial charge >= 0.3 is 0 Å². The van der Waals surface area contributed by atoms with Crippen molar-refractivity contribution in [1.29, 1.82) is 0 Å². The Hall–Kier alpha value is -1.85. The molecule has 0 aliphatic carbocycles. The second-order valence-corrected chi connectivity index (χ2v) is 3.80. The van der Waals surface area contributed by atoms with E-state index in [0.29, 0.717) is 11.5 Å². The highest BCUT2D eigenvalue weighted by molar-refractivity contribution is 5.98. The van der Waals surface area contributed by atoms with Gasteiger partial charge in [-0.15, -0.1) is 5.10 Å². The van der Waals surface area contributed by atoms with Crippen molar-refractivity contribution < 1.29 is 9.94 Å². The fraction of sp³-hybridized carbons (Fsp3) is 0.500. The normalized spacial score (nSPS) is 13.9. The first-order valence-electron chi connectivity index (χ1n) is 5.02. The number of nitrogens with zero attached hydrogens (tertiary/aromatic N) is 3. The van der Waals surface area contributed by atoms with Crippen LogP contribution in [0.25, 0.3) is 0 Å². The summed E-state index contributed by atoms with van der Waals surface area (Å²) < 4.78 is 5.58. The van der Waals surface area contributed by atoms with E-state index in [-0.39, 0.29) is 17.8 Å². The Morgan fingerprint density at radius 1 is 1.50 bits per heavy atom. The Morgan fingerprint density at radius 2 is 2.19 bits per heavy atom. The molecule has 1 heterocycles. The zero-order valence-electron chi connectivity index (χ0n) is 9.58. The summed E-state index contributed by atoms with van der Waals surface area (Å²) in [5, 5.41) is 19.1. The van der Waals surface area contributed by atoms with Gasteiger partial charge in [-0.3, -0.25) is 0 Å². The summed E-state index contributed by atoms with van der Waals surface area (Å²) in [7, 11) is 0. The van der Waals surface area contributed by atoms with Crippen LogP contribution < -0.4 is 10.5 Å². The lowest BCUT2D eigenvalue weighted by Crippen LogP contribution is -2.23. The van der Waals surface area contributed by atoms with Gasteiger partial charge in [0.15, 0.2) is 5.84 Å². The SMILES string of the molecule is CC(C)C(C)Oc1nnccc1/C(N)=N/O. The highest BCUT2D eigenvalue weighted by Crippen LogP contribution is 2.17. The Bertz CT molecular complexity index is 379. The maximum Gasteiger partial charge on any atom is 0.244 e. The number of hydrogen-bond donors (Lipinski definition) is 2. The standard InChI is InChI=1S/C10H16N4O2/c1-6(2)7(3)16-10-8(9(11)14-15)4-5-12-13-10/h4-7,15H,1-3H3,(H2,11,14). The molecular weight excluding hydrogens is 208 g/mol. The topological polar surface area (TPSA) is 93.6 Å². The molecule has 16 heavy (non-hydrogen) atoms. The summed E-state index contributed by atoms with van der Waals surface area (Å²) in [5.41, 5.74) is 5.93. The van der Waals surface area contributed by atoms with Gasteiger partial charge in [-0.25, -0.2) is 0 Å². The van der Waals surface area contributed by atoms with Gasteiger partial charge in [0.05, 0.1) is 17.9 Å². The van der Waals surface area contributed by atoms with Crippen molar-refractivity contribution in [3.63, 3.8) is 0 Å². The summed E-state index contributed by atoms with van der Waals surface area (Å²) in [6.07, 6.45) is 1.43.